The highest BCUT2D eigenvalue weighted by molar-refractivity contribution is 5.94. The lowest BCUT2D eigenvalue weighted by molar-refractivity contribution is 0.0762. The summed E-state index contributed by atoms with van der Waals surface area (Å²) in [6, 6.07) is 7.49. The van der Waals surface area contributed by atoms with Gasteiger partial charge in [-0.1, -0.05) is 13.0 Å². The number of nitrogens with one attached hydrogen (secondary N) is 1. The first-order chi connectivity index (χ1) is 10.2. The number of hydrogen-bond donors (Lipinski definition) is 1. The Hall–Kier alpha value is -1.55. The van der Waals surface area contributed by atoms with E-state index in [9.17, 15) is 4.79 Å². The molecule has 1 aromatic carbocycles. The second-order valence-electron chi connectivity index (χ2n) is 5.76. The molecule has 4 nitrogen and oxygen atoms in total. The van der Waals surface area contributed by atoms with E-state index in [-0.39, 0.29) is 5.91 Å². The highest BCUT2D eigenvalue weighted by atomic mass is 16.5. The summed E-state index contributed by atoms with van der Waals surface area (Å²) < 4.78 is 5.60. The molecule has 1 heterocycles. The molecular weight excluding hydrogens is 264 g/mol. The Morgan fingerprint density at radius 2 is 2.14 bits per heavy atom. The summed E-state index contributed by atoms with van der Waals surface area (Å²) in [5.74, 6) is 1.47. The first kappa shape index (κ1) is 15.8. The Morgan fingerprint density at radius 1 is 1.38 bits per heavy atom. The van der Waals surface area contributed by atoms with Crippen molar-refractivity contribution in [1.82, 2.24) is 10.2 Å². The maximum atomic E-state index is 12.5. The van der Waals surface area contributed by atoms with Crippen molar-refractivity contribution in [3.63, 3.8) is 0 Å². The van der Waals surface area contributed by atoms with Crippen LogP contribution in [0.2, 0.25) is 0 Å². The maximum absolute atomic E-state index is 12.5. The lowest BCUT2D eigenvalue weighted by Gasteiger charge is -2.27. The van der Waals surface area contributed by atoms with Crippen molar-refractivity contribution in [2.24, 2.45) is 5.92 Å². The largest absolute Gasteiger partial charge is 0.494 e. The summed E-state index contributed by atoms with van der Waals surface area (Å²) in [6.07, 6.45) is 3.27. The molecule has 0 aromatic heterocycles. The van der Waals surface area contributed by atoms with Crippen LogP contribution >= 0.6 is 0 Å². The first-order valence-corrected chi connectivity index (χ1v) is 7.89. The third-order valence-corrected chi connectivity index (χ3v) is 3.89. The number of benzene rings is 1. The quantitative estimate of drug-likeness (QED) is 0.875. The van der Waals surface area contributed by atoms with Gasteiger partial charge in [-0.15, -0.1) is 0 Å². The SMILES string of the molecule is CCCOc1cccc(C(=O)N(C)CC2CCNCC2)c1. The minimum absolute atomic E-state index is 0.0791. The monoisotopic (exact) mass is 290 g/mol. The van der Waals surface area contributed by atoms with E-state index in [1.807, 2.05) is 36.2 Å². The summed E-state index contributed by atoms with van der Waals surface area (Å²) >= 11 is 0. The second kappa shape index (κ2) is 8.03. The highest BCUT2D eigenvalue weighted by Crippen LogP contribution is 2.17. The summed E-state index contributed by atoms with van der Waals surface area (Å²) in [6.45, 7) is 5.71. The van der Waals surface area contributed by atoms with Crippen LogP contribution in [0.15, 0.2) is 24.3 Å². The van der Waals surface area contributed by atoms with Crippen molar-refractivity contribution in [3.8, 4) is 5.75 Å². The van der Waals surface area contributed by atoms with Gasteiger partial charge in [0.1, 0.15) is 5.75 Å². The summed E-state index contributed by atoms with van der Waals surface area (Å²) in [5.41, 5.74) is 0.708. The van der Waals surface area contributed by atoms with Crippen LogP contribution in [0.5, 0.6) is 5.75 Å². The summed E-state index contributed by atoms with van der Waals surface area (Å²) in [4.78, 5) is 14.3. The van der Waals surface area contributed by atoms with Gasteiger partial charge in [0.05, 0.1) is 6.61 Å². The van der Waals surface area contributed by atoms with E-state index in [0.717, 1.165) is 44.6 Å². The van der Waals surface area contributed by atoms with E-state index in [4.69, 9.17) is 4.74 Å². The minimum Gasteiger partial charge on any atom is -0.494 e. The lowest BCUT2D eigenvalue weighted by Crippen LogP contribution is -2.37. The molecular formula is C17H26N2O2. The third kappa shape index (κ3) is 4.74. The number of nitrogens with zero attached hydrogens (tertiary/aromatic N) is 1. The predicted molar refractivity (Wildman–Crippen MR) is 84.8 cm³/mol. The molecule has 0 bridgehead atoms. The van der Waals surface area contributed by atoms with Gasteiger partial charge < -0.3 is 15.0 Å². The Balaban J connectivity index is 1.94. The van der Waals surface area contributed by atoms with Gasteiger partial charge in [0.25, 0.3) is 5.91 Å². The molecule has 1 saturated heterocycles. The molecule has 0 aliphatic carbocycles. The number of amides is 1. The fourth-order valence-electron chi connectivity index (χ4n) is 2.69. The normalized spacial score (nSPS) is 15.7. The molecule has 4 heteroatoms. The topological polar surface area (TPSA) is 41.6 Å². The molecule has 0 saturated carbocycles. The van der Waals surface area contributed by atoms with E-state index in [2.05, 4.69) is 12.2 Å². The van der Waals surface area contributed by atoms with Gasteiger partial charge in [0.2, 0.25) is 0 Å². The van der Waals surface area contributed by atoms with Crippen LogP contribution in [-0.2, 0) is 0 Å². The average Bonchev–Trinajstić information content (AvgIpc) is 2.53. The van der Waals surface area contributed by atoms with Crippen molar-refractivity contribution in [1.29, 1.82) is 0 Å². The molecule has 21 heavy (non-hydrogen) atoms. The van der Waals surface area contributed by atoms with E-state index in [0.29, 0.717) is 18.1 Å². The lowest BCUT2D eigenvalue weighted by atomic mass is 9.97. The molecule has 1 aliphatic rings. The number of ether oxygens (including phenoxy) is 1. The molecule has 116 valence electrons. The zero-order valence-corrected chi connectivity index (χ0v) is 13.1. The van der Waals surface area contributed by atoms with Crippen molar-refractivity contribution in [2.45, 2.75) is 26.2 Å². The first-order valence-electron chi connectivity index (χ1n) is 7.89. The van der Waals surface area contributed by atoms with Crippen LogP contribution in [-0.4, -0.2) is 44.1 Å². The van der Waals surface area contributed by atoms with Gasteiger partial charge >= 0.3 is 0 Å². The smallest absolute Gasteiger partial charge is 0.253 e. The average molecular weight is 290 g/mol. The van der Waals surface area contributed by atoms with E-state index in [1.165, 1.54) is 0 Å². The number of hydrogen-bond acceptors (Lipinski definition) is 3. The molecule has 0 atom stereocenters. The van der Waals surface area contributed by atoms with Crippen molar-refractivity contribution in [3.05, 3.63) is 29.8 Å². The van der Waals surface area contributed by atoms with E-state index < -0.39 is 0 Å². The zero-order chi connectivity index (χ0) is 15.1. The van der Waals surface area contributed by atoms with Crippen LogP contribution < -0.4 is 10.1 Å². The third-order valence-electron chi connectivity index (χ3n) is 3.89. The van der Waals surface area contributed by atoms with E-state index in [1.54, 1.807) is 0 Å². The number of piperidine rings is 1. The van der Waals surface area contributed by atoms with Crippen LogP contribution in [0, 0.1) is 5.92 Å². The van der Waals surface area contributed by atoms with Crippen molar-refractivity contribution in [2.75, 3.05) is 33.3 Å². The molecule has 0 unspecified atom stereocenters. The molecule has 2 rings (SSSR count). The predicted octanol–water partition coefficient (Wildman–Crippen LogP) is 2.55. The van der Waals surface area contributed by atoms with Gasteiger partial charge in [-0.05, 0) is 56.5 Å². The Bertz CT molecular complexity index is 456. The van der Waals surface area contributed by atoms with Gasteiger partial charge in [0.15, 0.2) is 0 Å². The Kier molecular flexibility index (Phi) is 6.05. The molecule has 1 aromatic rings. The molecule has 1 N–H and O–H groups in total. The van der Waals surface area contributed by atoms with Crippen LogP contribution in [0.25, 0.3) is 0 Å². The zero-order valence-electron chi connectivity index (χ0n) is 13.1. The van der Waals surface area contributed by atoms with Crippen molar-refractivity contribution < 1.29 is 9.53 Å². The fraction of sp³-hybridized carbons (Fsp3) is 0.588. The Labute approximate surface area is 127 Å². The molecule has 1 aliphatic heterocycles. The van der Waals surface area contributed by atoms with Crippen LogP contribution in [0.3, 0.4) is 0 Å². The summed E-state index contributed by atoms with van der Waals surface area (Å²) in [7, 11) is 1.89. The van der Waals surface area contributed by atoms with E-state index >= 15 is 0 Å². The number of carbonyl (C=O) groups excluding carboxylic acids is 1. The van der Waals surface area contributed by atoms with Crippen LogP contribution in [0.4, 0.5) is 0 Å². The number of carbonyl (C=O) groups is 1. The highest BCUT2D eigenvalue weighted by Gasteiger charge is 2.19. The van der Waals surface area contributed by atoms with Gasteiger partial charge in [-0.3, -0.25) is 4.79 Å². The molecule has 1 fully saturated rings. The second-order valence-corrected chi connectivity index (χ2v) is 5.76. The molecule has 1 amide bonds. The van der Waals surface area contributed by atoms with Gasteiger partial charge in [-0.25, -0.2) is 0 Å². The van der Waals surface area contributed by atoms with Crippen LogP contribution in [0.1, 0.15) is 36.5 Å². The minimum atomic E-state index is 0.0791. The molecule has 0 radical (unpaired) electrons. The van der Waals surface area contributed by atoms with Gasteiger partial charge in [-0.2, -0.15) is 0 Å². The fourth-order valence-corrected chi connectivity index (χ4v) is 2.69. The number of rotatable bonds is 6. The van der Waals surface area contributed by atoms with Crippen molar-refractivity contribution >= 4 is 5.91 Å². The molecule has 0 spiro atoms. The summed E-state index contributed by atoms with van der Waals surface area (Å²) in [5, 5.41) is 3.36. The standard InChI is InChI=1S/C17H26N2O2/c1-3-11-21-16-6-4-5-15(12-16)17(20)19(2)13-14-7-9-18-10-8-14/h4-6,12,14,18H,3,7-11,13H2,1-2H3. The van der Waals surface area contributed by atoms with Gasteiger partial charge in [0, 0.05) is 19.2 Å². The maximum Gasteiger partial charge on any atom is 0.253 e. The Morgan fingerprint density at radius 3 is 2.86 bits per heavy atom.